The van der Waals surface area contributed by atoms with Gasteiger partial charge in [0.2, 0.25) is 0 Å². The van der Waals surface area contributed by atoms with Crippen molar-refractivity contribution in [2.24, 2.45) is 0 Å². The second-order valence-corrected chi connectivity index (χ2v) is 10.4. The minimum Gasteiger partial charge on any atom is -0.497 e. The fourth-order valence-corrected chi connectivity index (χ4v) is 4.43. The fraction of sp³-hybridized carbons (Fsp3) is 0.727. The second kappa shape index (κ2) is 5.75. The number of aryl methyl sites for hydroxylation is 1. The van der Waals surface area contributed by atoms with E-state index in [0.29, 0.717) is 0 Å². The summed E-state index contributed by atoms with van der Waals surface area (Å²) < 4.78 is 18.8. The Kier molecular flexibility index (Phi) is 4.37. The van der Waals surface area contributed by atoms with E-state index in [2.05, 4.69) is 68.4 Å². The van der Waals surface area contributed by atoms with Crippen LogP contribution < -0.4 is 10.2 Å². The molecule has 4 heteroatoms. The summed E-state index contributed by atoms with van der Waals surface area (Å²) in [4.78, 5) is 0. The number of methoxy groups -OCH3 is 1. The number of fused-ring (bicyclic) bond motifs is 1. The van der Waals surface area contributed by atoms with Gasteiger partial charge in [0.1, 0.15) is 5.75 Å². The van der Waals surface area contributed by atoms with Crippen molar-refractivity contribution in [3.05, 3.63) is 22.8 Å². The second-order valence-electron chi connectivity index (χ2n) is 10.4. The van der Waals surface area contributed by atoms with Crippen LogP contribution in [-0.2, 0) is 20.1 Å². The summed E-state index contributed by atoms with van der Waals surface area (Å²) in [6, 6.07) is 2.32. The number of hydrogen-bond donors (Lipinski definition) is 0. The van der Waals surface area contributed by atoms with Gasteiger partial charge in [-0.05, 0) is 75.0 Å². The van der Waals surface area contributed by atoms with E-state index in [4.69, 9.17) is 14.0 Å². The SMILES string of the molecule is COc1c(C)cc2c(c1B1OC(C)(C)C(C)(C)O1)C(C)(C)CCC2(C)C. The van der Waals surface area contributed by atoms with E-state index in [0.717, 1.165) is 23.2 Å². The van der Waals surface area contributed by atoms with Crippen LogP contribution in [0.4, 0.5) is 0 Å². The van der Waals surface area contributed by atoms with Gasteiger partial charge >= 0.3 is 7.12 Å². The predicted octanol–water partition coefficient (Wildman–Crippen LogP) is 4.65. The first kappa shape index (κ1) is 19.8. The molecule has 3 rings (SSSR count). The Bertz CT molecular complexity index is 715. The molecule has 0 bridgehead atoms. The van der Waals surface area contributed by atoms with Crippen LogP contribution in [0.15, 0.2) is 6.07 Å². The zero-order valence-corrected chi connectivity index (χ0v) is 18.3. The number of ether oxygens (including phenoxy) is 1. The molecule has 1 aromatic rings. The van der Waals surface area contributed by atoms with Crippen molar-refractivity contribution in [1.82, 2.24) is 0 Å². The van der Waals surface area contributed by atoms with Crippen molar-refractivity contribution in [2.45, 2.75) is 97.2 Å². The molecular weight excluding hydrogens is 323 g/mol. The van der Waals surface area contributed by atoms with Crippen molar-refractivity contribution in [3.8, 4) is 5.75 Å². The molecule has 2 aliphatic rings. The zero-order chi connectivity index (χ0) is 19.7. The molecule has 0 saturated carbocycles. The summed E-state index contributed by atoms with van der Waals surface area (Å²) in [5, 5.41) is 0. The Balaban J connectivity index is 2.30. The topological polar surface area (TPSA) is 27.7 Å². The van der Waals surface area contributed by atoms with E-state index in [9.17, 15) is 0 Å². The van der Waals surface area contributed by atoms with Crippen LogP contribution in [0.1, 0.15) is 84.9 Å². The van der Waals surface area contributed by atoms with Crippen LogP contribution in [0.5, 0.6) is 5.75 Å². The minimum absolute atomic E-state index is 0.0603. The molecule has 0 radical (unpaired) electrons. The lowest BCUT2D eigenvalue weighted by Gasteiger charge is -2.44. The third-order valence-corrected chi connectivity index (χ3v) is 6.98. The van der Waals surface area contributed by atoms with Gasteiger partial charge < -0.3 is 14.0 Å². The first-order chi connectivity index (χ1) is 11.7. The van der Waals surface area contributed by atoms with Crippen molar-refractivity contribution in [1.29, 1.82) is 0 Å². The summed E-state index contributed by atoms with van der Waals surface area (Å²) in [7, 11) is 1.35. The molecule has 1 heterocycles. The molecule has 1 saturated heterocycles. The summed E-state index contributed by atoms with van der Waals surface area (Å²) in [6.07, 6.45) is 2.33. The van der Waals surface area contributed by atoms with E-state index in [-0.39, 0.29) is 22.0 Å². The van der Waals surface area contributed by atoms with Gasteiger partial charge in [0.25, 0.3) is 0 Å². The number of hydrogen-bond acceptors (Lipinski definition) is 3. The molecule has 0 amide bonds. The molecule has 1 aliphatic heterocycles. The van der Waals surface area contributed by atoms with Gasteiger partial charge in [0, 0.05) is 5.46 Å². The molecule has 0 unspecified atom stereocenters. The summed E-state index contributed by atoms with van der Waals surface area (Å²) in [5.41, 5.74) is 4.49. The van der Waals surface area contributed by atoms with E-state index < -0.39 is 7.12 Å². The van der Waals surface area contributed by atoms with Gasteiger partial charge in [-0.25, -0.2) is 0 Å². The fourth-order valence-electron chi connectivity index (χ4n) is 4.43. The third kappa shape index (κ3) is 2.81. The monoisotopic (exact) mass is 358 g/mol. The van der Waals surface area contributed by atoms with Gasteiger partial charge in [0.05, 0.1) is 18.3 Å². The largest absolute Gasteiger partial charge is 0.498 e. The maximum absolute atomic E-state index is 6.47. The molecular formula is C22H35BO3. The Morgan fingerprint density at radius 2 is 1.38 bits per heavy atom. The van der Waals surface area contributed by atoms with Crippen LogP contribution in [0.25, 0.3) is 0 Å². The first-order valence-electron chi connectivity index (χ1n) is 9.82. The smallest absolute Gasteiger partial charge is 0.497 e. The van der Waals surface area contributed by atoms with Crippen molar-refractivity contribution in [3.63, 3.8) is 0 Å². The number of benzene rings is 1. The Labute approximate surface area is 159 Å². The van der Waals surface area contributed by atoms with E-state index in [1.54, 1.807) is 7.11 Å². The molecule has 144 valence electrons. The molecule has 0 N–H and O–H groups in total. The molecule has 0 aromatic heterocycles. The average molecular weight is 358 g/mol. The molecule has 0 atom stereocenters. The van der Waals surface area contributed by atoms with Crippen molar-refractivity contribution < 1.29 is 14.0 Å². The molecule has 26 heavy (non-hydrogen) atoms. The van der Waals surface area contributed by atoms with Crippen LogP contribution in [0.2, 0.25) is 0 Å². The van der Waals surface area contributed by atoms with E-state index in [1.165, 1.54) is 17.5 Å². The Morgan fingerprint density at radius 3 is 1.88 bits per heavy atom. The lowest BCUT2D eigenvalue weighted by atomic mass is 9.57. The van der Waals surface area contributed by atoms with Gasteiger partial charge in [0.15, 0.2) is 0 Å². The van der Waals surface area contributed by atoms with Gasteiger partial charge in [-0.1, -0.05) is 33.8 Å². The van der Waals surface area contributed by atoms with Crippen LogP contribution in [0, 0.1) is 6.92 Å². The predicted molar refractivity (Wildman–Crippen MR) is 109 cm³/mol. The average Bonchev–Trinajstić information content (AvgIpc) is 2.71. The lowest BCUT2D eigenvalue weighted by molar-refractivity contribution is 0.00578. The zero-order valence-electron chi connectivity index (χ0n) is 18.3. The van der Waals surface area contributed by atoms with Crippen LogP contribution in [0.3, 0.4) is 0 Å². The number of rotatable bonds is 2. The molecule has 1 aliphatic carbocycles. The van der Waals surface area contributed by atoms with Gasteiger partial charge in [-0.15, -0.1) is 0 Å². The van der Waals surface area contributed by atoms with E-state index in [1.807, 2.05) is 0 Å². The first-order valence-corrected chi connectivity index (χ1v) is 9.82. The highest BCUT2D eigenvalue weighted by molar-refractivity contribution is 6.64. The molecule has 1 aromatic carbocycles. The maximum atomic E-state index is 6.47. The molecule has 3 nitrogen and oxygen atoms in total. The Hall–Kier alpha value is -0.995. The highest BCUT2D eigenvalue weighted by Crippen LogP contribution is 2.48. The molecule has 1 fully saturated rings. The lowest BCUT2D eigenvalue weighted by Crippen LogP contribution is -2.46. The highest BCUT2D eigenvalue weighted by Gasteiger charge is 2.55. The van der Waals surface area contributed by atoms with Crippen LogP contribution in [-0.4, -0.2) is 25.4 Å². The summed E-state index contributed by atoms with van der Waals surface area (Å²) in [5.74, 6) is 0.910. The highest BCUT2D eigenvalue weighted by atomic mass is 16.7. The van der Waals surface area contributed by atoms with Gasteiger partial charge in [-0.3, -0.25) is 0 Å². The van der Waals surface area contributed by atoms with Gasteiger partial charge in [-0.2, -0.15) is 0 Å². The third-order valence-electron chi connectivity index (χ3n) is 6.98. The minimum atomic E-state index is -0.406. The van der Waals surface area contributed by atoms with Crippen molar-refractivity contribution >= 4 is 12.6 Å². The maximum Gasteiger partial charge on any atom is 0.498 e. The standard InChI is InChI=1S/C22H35BO3/c1-14-13-15-16(20(4,5)12-11-19(15,2)3)17(18(14)24-10)23-25-21(6,7)22(8,9)26-23/h13H,11-12H2,1-10H3. The normalized spacial score (nSPS) is 25.1. The quantitative estimate of drug-likeness (QED) is 0.720. The van der Waals surface area contributed by atoms with E-state index >= 15 is 0 Å². The Morgan fingerprint density at radius 1 is 0.885 bits per heavy atom. The van der Waals surface area contributed by atoms with Crippen molar-refractivity contribution in [2.75, 3.05) is 7.11 Å². The molecule has 0 spiro atoms. The van der Waals surface area contributed by atoms with Crippen LogP contribution >= 0.6 is 0 Å². The summed E-state index contributed by atoms with van der Waals surface area (Å²) >= 11 is 0. The summed E-state index contributed by atoms with van der Waals surface area (Å²) in [6.45, 7) is 19.9.